The number of hydrogen-bond acceptors (Lipinski definition) is 2. The van der Waals surface area contributed by atoms with E-state index < -0.39 is 23.4 Å². The maximum absolute atomic E-state index is 13.6. The van der Waals surface area contributed by atoms with Crippen LogP contribution in [0.3, 0.4) is 0 Å². The summed E-state index contributed by atoms with van der Waals surface area (Å²) in [7, 11) is 0. The monoisotopic (exact) mass is 272 g/mol. The highest BCUT2D eigenvalue weighted by Gasteiger charge is 2.44. The largest absolute Gasteiger partial charge is 0.385 e. The van der Waals surface area contributed by atoms with Crippen molar-refractivity contribution in [1.29, 1.82) is 0 Å². The molecule has 1 aromatic carbocycles. The Hall–Kier alpha value is -1.07. The van der Waals surface area contributed by atoms with E-state index in [9.17, 15) is 18.3 Å². The molecule has 1 N–H and O–H groups in total. The standard InChI is InChI=1S/C14H15F3O2/c15-12-5-8(1-4-11(12)13(16)17)14(18)6-9-2-3-10(7-14)19-9/h1,4-5,9-10,13,18H,2-3,6-7H2. The van der Waals surface area contributed by atoms with Crippen LogP contribution in [0.5, 0.6) is 0 Å². The van der Waals surface area contributed by atoms with Crippen LogP contribution in [-0.4, -0.2) is 17.3 Å². The maximum Gasteiger partial charge on any atom is 0.266 e. The number of halogens is 3. The minimum atomic E-state index is -2.84. The molecule has 0 aliphatic carbocycles. The van der Waals surface area contributed by atoms with Crippen LogP contribution in [0.2, 0.25) is 0 Å². The van der Waals surface area contributed by atoms with E-state index in [1.165, 1.54) is 6.07 Å². The van der Waals surface area contributed by atoms with Crippen LogP contribution in [0.1, 0.15) is 43.2 Å². The summed E-state index contributed by atoms with van der Waals surface area (Å²) < 4.78 is 44.3. The molecule has 2 nitrogen and oxygen atoms in total. The average Bonchev–Trinajstić information content (AvgIpc) is 2.68. The second-order valence-electron chi connectivity index (χ2n) is 5.43. The van der Waals surface area contributed by atoms with Gasteiger partial charge in [0, 0.05) is 12.8 Å². The summed E-state index contributed by atoms with van der Waals surface area (Å²) in [5.74, 6) is -0.959. The lowest BCUT2D eigenvalue weighted by Gasteiger charge is -2.37. The highest BCUT2D eigenvalue weighted by Crippen LogP contribution is 2.44. The molecule has 104 valence electrons. The molecule has 0 radical (unpaired) electrons. The number of rotatable bonds is 2. The molecule has 2 atom stereocenters. The zero-order chi connectivity index (χ0) is 13.6. The highest BCUT2D eigenvalue weighted by atomic mass is 19.3. The van der Waals surface area contributed by atoms with Gasteiger partial charge in [0.1, 0.15) is 5.82 Å². The van der Waals surface area contributed by atoms with Crippen LogP contribution < -0.4 is 0 Å². The van der Waals surface area contributed by atoms with Crippen LogP contribution in [0.15, 0.2) is 18.2 Å². The first-order valence-corrected chi connectivity index (χ1v) is 6.44. The molecule has 0 amide bonds. The molecule has 2 saturated heterocycles. The number of benzene rings is 1. The summed E-state index contributed by atoms with van der Waals surface area (Å²) in [5.41, 5.74) is -1.41. The second kappa shape index (κ2) is 4.49. The predicted molar refractivity (Wildman–Crippen MR) is 62.4 cm³/mol. The van der Waals surface area contributed by atoms with Gasteiger partial charge in [0.05, 0.1) is 23.4 Å². The highest BCUT2D eigenvalue weighted by molar-refractivity contribution is 5.30. The van der Waals surface area contributed by atoms with Gasteiger partial charge < -0.3 is 9.84 Å². The van der Waals surface area contributed by atoms with Crippen molar-refractivity contribution in [2.75, 3.05) is 0 Å². The summed E-state index contributed by atoms with van der Waals surface area (Å²) in [6, 6.07) is 3.49. The van der Waals surface area contributed by atoms with Gasteiger partial charge in [0.2, 0.25) is 0 Å². The van der Waals surface area contributed by atoms with Crippen LogP contribution in [0.25, 0.3) is 0 Å². The van der Waals surface area contributed by atoms with Crippen LogP contribution >= 0.6 is 0 Å². The van der Waals surface area contributed by atoms with Gasteiger partial charge in [-0.3, -0.25) is 0 Å². The van der Waals surface area contributed by atoms with Gasteiger partial charge in [-0.15, -0.1) is 0 Å². The zero-order valence-electron chi connectivity index (χ0n) is 10.3. The normalized spacial score (nSPS) is 33.9. The van der Waals surface area contributed by atoms with Crippen LogP contribution in [0, 0.1) is 5.82 Å². The summed E-state index contributed by atoms with van der Waals surface area (Å²) in [5, 5.41) is 10.6. The van der Waals surface area contributed by atoms with E-state index in [-0.39, 0.29) is 12.2 Å². The molecule has 3 rings (SSSR count). The Morgan fingerprint density at radius 2 is 1.84 bits per heavy atom. The lowest BCUT2D eigenvalue weighted by Crippen LogP contribution is -2.38. The summed E-state index contributed by atoms with van der Waals surface area (Å²) in [6.07, 6.45) is -0.277. The van der Waals surface area contributed by atoms with Gasteiger partial charge >= 0.3 is 0 Å². The molecular weight excluding hydrogens is 257 g/mol. The quantitative estimate of drug-likeness (QED) is 0.895. The number of hydrogen-bond donors (Lipinski definition) is 1. The van der Waals surface area contributed by atoms with E-state index in [1.807, 2.05) is 0 Å². The lowest BCUT2D eigenvalue weighted by molar-refractivity contribution is -0.115. The fourth-order valence-corrected chi connectivity index (χ4v) is 3.15. The summed E-state index contributed by atoms with van der Waals surface area (Å²) in [6.45, 7) is 0. The van der Waals surface area contributed by atoms with Crippen molar-refractivity contribution in [3.8, 4) is 0 Å². The summed E-state index contributed by atoms with van der Waals surface area (Å²) in [4.78, 5) is 0. The van der Waals surface area contributed by atoms with Crippen LogP contribution in [-0.2, 0) is 10.3 Å². The molecule has 0 aromatic heterocycles. The van der Waals surface area contributed by atoms with E-state index in [2.05, 4.69) is 0 Å². The maximum atomic E-state index is 13.6. The fourth-order valence-electron chi connectivity index (χ4n) is 3.15. The average molecular weight is 272 g/mol. The van der Waals surface area contributed by atoms with E-state index in [4.69, 9.17) is 4.74 Å². The molecular formula is C14H15F3O2. The van der Waals surface area contributed by atoms with Gasteiger partial charge in [-0.25, -0.2) is 13.2 Å². The third kappa shape index (κ3) is 2.25. The minimum Gasteiger partial charge on any atom is -0.385 e. The molecule has 1 aromatic rings. The van der Waals surface area contributed by atoms with Crippen molar-refractivity contribution in [2.45, 2.75) is 49.9 Å². The van der Waals surface area contributed by atoms with Gasteiger partial charge in [-0.2, -0.15) is 0 Å². The first-order valence-electron chi connectivity index (χ1n) is 6.44. The third-order valence-corrected chi connectivity index (χ3v) is 4.10. The Labute approximate surface area is 109 Å². The van der Waals surface area contributed by atoms with Gasteiger partial charge in [0.15, 0.2) is 0 Å². The molecule has 19 heavy (non-hydrogen) atoms. The third-order valence-electron chi connectivity index (χ3n) is 4.10. The molecule has 5 heteroatoms. The van der Waals surface area contributed by atoms with Crippen molar-refractivity contribution in [3.05, 3.63) is 35.1 Å². The molecule has 2 heterocycles. The first kappa shape index (κ1) is 12.9. The SMILES string of the molecule is OC1(c2ccc(C(F)F)c(F)c2)CC2CCC(C1)O2. The number of ether oxygens (including phenoxy) is 1. The molecule has 0 saturated carbocycles. The molecule has 0 spiro atoms. The fraction of sp³-hybridized carbons (Fsp3) is 0.571. The lowest BCUT2D eigenvalue weighted by atomic mass is 9.83. The van der Waals surface area contributed by atoms with Crippen molar-refractivity contribution >= 4 is 0 Å². The summed E-state index contributed by atoms with van der Waals surface area (Å²) >= 11 is 0. The molecule has 2 unspecified atom stereocenters. The number of fused-ring (bicyclic) bond motifs is 2. The van der Waals surface area contributed by atoms with Crippen molar-refractivity contribution in [3.63, 3.8) is 0 Å². The van der Waals surface area contributed by atoms with Gasteiger partial charge in [0.25, 0.3) is 6.43 Å². The minimum absolute atomic E-state index is 0.0124. The Morgan fingerprint density at radius 3 is 2.37 bits per heavy atom. The molecule has 2 fully saturated rings. The van der Waals surface area contributed by atoms with Crippen molar-refractivity contribution in [1.82, 2.24) is 0 Å². The molecule has 2 aliphatic heterocycles. The van der Waals surface area contributed by atoms with E-state index in [0.717, 1.165) is 25.0 Å². The van der Waals surface area contributed by atoms with Crippen molar-refractivity contribution in [2.24, 2.45) is 0 Å². The number of aliphatic hydroxyl groups is 1. The van der Waals surface area contributed by atoms with Gasteiger partial charge in [-0.05, 0) is 24.5 Å². The Balaban J connectivity index is 1.91. The molecule has 2 aliphatic rings. The molecule has 2 bridgehead atoms. The van der Waals surface area contributed by atoms with Crippen molar-refractivity contribution < 1.29 is 23.0 Å². The predicted octanol–water partition coefficient (Wildman–Crippen LogP) is 3.29. The topological polar surface area (TPSA) is 29.5 Å². The van der Waals surface area contributed by atoms with Crippen LogP contribution in [0.4, 0.5) is 13.2 Å². The van der Waals surface area contributed by atoms with Gasteiger partial charge in [-0.1, -0.05) is 12.1 Å². The Bertz CT molecular complexity index is 478. The Kier molecular flexibility index (Phi) is 3.06. The Morgan fingerprint density at radius 1 is 1.21 bits per heavy atom. The smallest absolute Gasteiger partial charge is 0.266 e. The van der Waals surface area contributed by atoms with E-state index >= 15 is 0 Å². The first-order chi connectivity index (χ1) is 8.98. The zero-order valence-corrected chi connectivity index (χ0v) is 10.3. The van der Waals surface area contributed by atoms with E-state index in [1.54, 1.807) is 0 Å². The van der Waals surface area contributed by atoms with E-state index in [0.29, 0.717) is 18.4 Å². The second-order valence-corrected chi connectivity index (χ2v) is 5.43. The number of alkyl halides is 2.